The van der Waals surface area contributed by atoms with E-state index < -0.39 is 133 Å². The molecule has 0 fully saturated rings. The van der Waals surface area contributed by atoms with Crippen LogP contribution in [-0.4, -0.2) is 303 Å². The molecule has 39 heteroatoms. The lowest BCUT2D eigenvalue weighted by Crippen LogP contribution is -2.49. The number of ether oxygens (including phenoxy) is 4. The molecule has 5 unspecified atom stereocenters. The number of carbonyl (C=O) groups excluding carboxylic acids is 7. The molecular formula is C57H96N2O37. The Morgan fingerprint density at radius 2 is 0.958 bits per heavy atom. The lowest BCUT2D eigenvalue weighted by molar-refractivity contribution is -0.167. The van der Waals surface area contributed by atoms with Crippen LogP contribution in [0.1, 0.15) is 103 Å². The fourth-order valence-corrected chi connectivity index (χ4v) is 5.03. The number of benzene rings is 2. The average molecular weight is 1400 g/mol. The van der Waals surface area contributed by atoms with E-state index in [2.05, 4.69) is 18.9 Å². The van der Waals surface area contributed by atoms with Gasteiger partial charge in [-0.15, -0.1) is 0 Å². The fraction of sp³-hybridized carbons (Fsp3) is 0.596. The van der Waals surface area contributed by atoms with Crippen molar-refractivity contribution in [1.29, 1.82) is 0 Å². The predicted molar refractivity (Wildman–Crippen MR) is 325 cm³/mol. The topological polar surface area (TPSA) is 722 Å². The Bertz CT molecular complexity index is 2490. The second-order valence-electron chi connectivity index (χ2n) is 20.1. The molecule has 0 bridgehead atoms. The summed E-state index contributed by atoms with van der Waals surface area (Å²) in [6.07, 6.45) is -17.5. The number of aliphatic carboxylic acids is 3. The molecule has 0 heterocycles. The van der Waals surface area contributed by atoms with Crippen molar-refractivity contribution in [2.24, 2.45) is 11.5 Å². The number of phenols is 2. The van der Waals surface area contributed by atoms with Gasteiger partial charge in [-0.3, -0.25) is 33.6 Å². The van der Waals surface area contributed by atoms with Gasteiger partial charge in [-0.1, -0.05) is 27.7 Å². The number of carboxylic acid groups (broad SMARTS) is 4. The maximum Gasteiger partial charge on any atom is 0.339 e. The molecule has 0 saturated heterocycles. The molecule has 0 amide bonds. The van der Waals surface area contributed by atoms with Gasteiger partial charge in [0, 0.05) is 17.7 Å². The van der Waals surface area contributed by atoms with Gasteiger partial charge >= 0.3 is 23.9 Å². The van der Waals surface area contributed by atoms with Crippen LogP contribution in [0.2, 0.25) is 0 Å². The fourth-order valence-electron chi connectivity index (χ4n) is 5.03. The molecule has 26 N–H and O–H groups in total. The Hall–Kier alpha value is -7.91. The second-order valence-corrected chi connectivity index (χ2v) is 20.1. The number of rotatable bonds is 32. The van der Waals surface area contributed by atoms with Crippen molar-refractivity contribution < 1.29 is 184 Å². The number of nitrogens with two attached hydrogens (primary N) is 2. The van der Waals surface area contributed by atoms with Crippen molar-refractivity contribution in [3.05, 3.63) is 47.0 Å². The lowest BCUT2D eigenvalue weighted by atomic mass is 10.0. The summed E-state index contributed by atoms with van der Waals surface area (Å²) in [5.74, 6) is -8.15. The predicted octanol–water partition coefficient (Wildman–Crippen LogP) is -6.83. The summed E-state index contributed by atoms with van der Waals surface area (Å²) in [4.78, 5) is 112. The number of ketones is 3. The number of aliphatic hydroxyl groups is 16. The van der Waals surface area contributed by atoms with E-state index in [-0.39, 0.29) is 74.1 Å². The van der Waals surface area contributed by atoms with E-state index in [0.717, 1.165) is 38.8 Å². The number of aromatic hydroxyl groups is 2. The highest BCUT2D eigenvalue weighted by Crippen LogP contribution is 2.27. The van der Waals surface area contributed by atoms with Gasteiger partial charge in [0.05, 0.1) is 38.1 Å². The van der Waals surface area contributed by atoms with Crippen molar-refractivity contribution in [2.45, 2.75) is 179 Å². The summed E-state index contributed by atoms with van der Waals surface area (Å²) < 4.78 is 17.4. The van der Waals surface area contributed by atoms with Gasteiger partial charge in [0.25, 0.3) is 25.9 Å². The summed E-state index contributed by atoms with van der Waals surface area (Å²) in [5.41, 5.74) is 8.84. The van der Waals surface area contributed by atoms with Gasteiger partial charge in [-0.25, -0.2) is 19.2 Å². The molecule has 2 rings (SSSR count). The number of aliphatic hydroxyl groups excluding tert-OH is 15. The van der Waals surface area contributed by atoms with Crippen LogP contribution >= 0.6 is 0 Å². The highest BCUT2D eigenvalue weighted by Gasteiger charge is 2.37. The quantitative estimate of drug-likeness (QED) is 0.0303. The second kappa shape index (κ2) is 55.2. The van der Waals surface area contributed by atoms with Crippen molar-refractivity contribution in [3.63, 3.8) is 0 Å². The molecule has 0 aliphatic rings. The molecule has 0 spiro atoms. The van der Waals surface area contributed by atoms with Crippen LogP contribution in [0.25, 0.3) is 0 Å². The molecule has 2 aromatic carbocycles. The molecule has 0 aliphatic heterocycles. The zero-order chi connectivity index (χ0) is 77.2. The number of hydrogen-bond acceptors (Lipinski definition) is 35. The minimum absolute atomic E-state index is 0.00380. The number of aryl methyl sites for hydroxylation is 2. The van der Waals surface area contributed by atoms with Crippen LogP contribution in [-0.2, 0) is 57.4 Å². The number of aromatic carboxylic acids is 1. The standard InChI is InChI=1S/C9H8O5.C8H8O3.C7H12O7.C7H14O6.C6H10O5.C5H13NO2.C5H13NO.C5H8O5.C5H10O3/c1-5-2-6(11)3-7(14-4-10)8(5)9(12)13;1-6-2-7(10)4-8(3-6)11-5-9;1-2(8)3(9)4(10)5(11)6(12)7(13)14;1-3(9)5(11)7(13)6(12)4(10)2-8;1-2-6(10,5(8)9)3-11-4-7;1-2-5(6,3-7)4-8;1-3-5(2,6)4-7;1-2(6)3(7)4(8)5(9)10;1-2-5(7)3-8-4-6/h2-4,11H,1H3,(H,12,13);2-5,10H,1H3;3-6,9-12H,1H3,(H,13,14);4-8,10-13H,2H2,1H3;4,10H,2-3H2,1H3,(H,8,9);7-8H,2-4,6H2,1H3;7H,3-4,6H2,1-2H3;3-4,7-8H,1H3,(H,9,10);4-5,7H,2-3H2,1H3/t;;3-,4+,5+,6-;4-,5+,6-,7-;;;;;/m..01...../s1. The summed E-state index contributed by atoms with van der Waals surface area (Å²) in [6.45, 7) is 14.7. The first kappa shape index (κ1) is 102. The number of carbonyl (C=O) groups is 11. The van der Waals surface area contributed by atoms with E-state index in [0.29, 0.717) is 37.1 Å². The Kier molecular flexibility index (Phi) is 58.5. The summed E-state index contributed by atoms with van der Waals surface area (Å²) >= 11 is 0. The SMILES string of the molecule is CC(=O)C(O)C(O)C(=O)O.CC(=O)[C@H](O)[C@@H](O)[C@@H](O)[C@H](O)C(=O)O.CC(=O)[C@H](O)[C@@H](O)[C@H](O)[C@H](O)CO.CCC(C)(N)CO.CCC(N)(CO)CO.CCC(O)(COC=O)C(=O)O.CCC(O)COC=O.Cc1cc(O)cc(OC=O)c1.Cc1cc(O)cc(OC=O)c1C(=O)O. The van der Waals surface area contributed by atoms with E-state index >= 15 is 0 Å². The summed E-state index contributed by atoms with van der Waals surface area (Å²) in [5, 5.41) is 192. The average Bonchev–Trinajstić information content (AvgIpc) is 0.956. The third-order valence-corrected chi connectivity index (χ3v) is 11.9. The zero-order valence-corrected chi connectivity index (χ0v) is 54.2. The van der Waals surface area contributed by atoms with E-state index in [1.54, 1.807) is 19.1 Å². The van der Waals surface area contributed by atoms with Crippen LogP contribution in [0, 0.1) is 13.8 Å². The van der Waals surface area contributed by atoms with Crippen molar-refractivity contribution in [1.82, 2.24) is 0 Å². The number of phenolic OH excluding ortho intramolecular Hbond substituents is 2. The molecule has 96 heavy (non-hydrogen) atoms. The molecule has 0 aromatic heterocycles. The third-order valence-electron chi connectivity index (χ3n) is 11.9. The van der Waals surface area contributed by atoms with Crippen LogP contribution in [0.15, 0.2) is 30.3 Å². The first-order valence-electron chi connectivity index (χ1n) is 27.7. The normalized spacial score (nSPS) is 14.9. The number of Topliss-reactive ketones (excluding diaryl/α,β-unsaturated/α-hetero) is 3. The molecule has 39 nitrogen and oxygen atoms in total. The molecule has 556 valence electrons. The minimum atomic E-state index is -2.25. The maximum atomic E-state index is 10.8. The van der Waals surface area contributed by atoms with E-state index in [9.17, 15) is 52.7 Å². The first-order chi connectivity index (χ1) is 44.1. The van der Waals surface area contributed by atoms with Crippen molar-refractivity contribution in [2.75, 3.05) is 39.6 Å². The Balaban J connectivity index is -0.000000187. The van der Waals surface area contributed by atoms with Crippen molar-refractivity contribution in [3.8, 4) is 23.0 Å². The molecule has 2 aromatic rings. The maximum absolute atomic E-state index is 10.8. The highest BCUT2D eigenvalue weighted by molar-refractivity contribution is 5.93. The summed E-state index contributed by atoms with van der Waals surface area (Å²) in [6, 6.07) is 6.97. The van der Waals surface area contributed by atoms with Gasteiger partial charge in [-0.2, -0.15) is 0 Å². The Labute approximate surface area is 549 Å². The van der Waals surface area contributed by atoms with Crippen LogP contribution in [0.4, 0.5) is 0 Å². The monoisotopic (exact) mass is 1400 g/mol. The van der Waals surface area contributed by atoms with Crippen LogP contribution < -0.4 is 20.9 Å². The van der Waals surface area contributed by atoms with E-state index in [1.807, 2.05) is 27.7 Å². The van der Waals surface area contributed by atoms with Gasteiger partial charge in [0.2, 0.25) is 0 Å². The minimum Gasteiger partial charge on any atom is -0.508 e. The lowest BCUT2D eigenvalue weighted by Gasteiger charge is -2.23. The van der Waals surface area contributed by atoms with Crippen LogP contribution in [0.3, 0.4) is 0 Å². The van der Waals surface area contributed by atoms with Gasteiger partial charge < -0.3 is 143 Å². The smallest absolute Gasteiger partial charge is 0.339 e. The van der Waals surface area contributed by atoms with Gasteiger partial charge in [0.1, 0.15) is 90.6 Å². The first-order valence-corrected chi connectivity index (χ1v) is 27.7. The molecule has 0 aliphatic carbocycles. The Morgan fingerprint density at radius 1 is 0.531 bits per heavy atom. The third kappa shape index (κ3) is 47.1. The highest BCUT2D eigenvalue weighted by atomic mass is 16.5. The largest absolute Gasteiger partial charge is 0.508 e. The molecule has 13 atom stereocenters. The number of hydrogen-bond donors (Lipinski definition) is 24. The van der Waals surface area contributed by atoms with E-state index in [1.165, 1.54) is 26.0 Å². The Morgan fingerprint density at radius 3 is 1.24 bits per heavy atom. The molecule has 0 radical (unpaired) electrons. The van der Waals surface area contributed by atoms with E-state index in [4.69, 9.17) is 124 Å². The van der Waals surface area contributed by atoms with Crippen LogP contribution in [0.5, 0.6) is 23.0 Å². The zero-order valence-electron chi connectivity index (χ0n) is 54.2. The number of carboxylic acids is 4. The molecular weight excluding hydrogens is 1300 g/mol. The van der Waals surface area contributed by atoms with Gasteiger partial charge in [0.15, 0.2) is 35.2 Å². The van der Waals surface area contributed by atoms with Crippen molar-refractivity contribution >= 4 is 67.1 Å². The molecule has 0 saturated carbocycles. The van der Waals surface area contributed by atoms with Gasteiger partial charge in [-0.05, 0) is 96.6 Å². The summed E-state index contributed by atoms with van der Waals surface area (Å²) in [7, 11) is 0.